The van der Waals surface area contributed by atoms with Gasteiger partial charge in [0.2, 0.25) is 5.91 Å². The van der Waals surface area contributed by atoms with Gasteiger partial charge in [-0.1, -0.05) is 12.1 Å². The van der Waals surface area contributed by atoms with Gasteiger partial charge in [0, 0.05) is 33.2 Å². The lowest BCUT2D eigenvalue weighted by Gasteiger charge is -2.46. The highest BCUT2D eigenvalue weighted by Gasteiger charge is 2.41. The molecule has 2 aliphatic rings. The maximum absolute atomic E-state index is 11.6. The lowest BCUT2D eigenvalue weighted by molar-refractivity contribution is -0.169. The molecule has 0 atom stereocenters. The molecule has 1 amide bonds. The highest BCUT2D eigenvalue weighted by Crippen LogP contribution is 2.30. The first-order chi connectivity index (χ1) is 12.0. The van der Waals surface area contributed by atoms with Crippen LogP contribution in [0.15, 0.2) is 24.3 Å². The van der Waals surface area contributed by atoms with Crippen molar-refractivity contribution in [3.63, 3.8) is 0 Å². The number of rotatable bonds is 2. The molecule has 3 heterocycles. The average molecular weight is 340 g/mol. The fraction of sp³-hybridized carbons (Fsp3) is 0.526. The van der Waals surface area contributed by atoms with Gasteiger partial charge in [-0.2, -0.15) is 0 Å². The average Bonchev–Trinajstić information content (AvgIpc) is 2.61. The van der Waals surface area contributed by atoms with Crippen molar-refractivity contribution in [3.8, 4) is 0 Å². The van der Waals surface area contributed by atoms with Crippen LogP contribution in [0.25, 0.3) is 11.0 Å². The Morgan fingerprint density at radius 2 is 1.84 bits per heavy atom. The molecule has 132 valence electrons. The first-order valence-electron chi connectivity index (χ1n) is 8.87. The van der Waals surface area contributed by atoms with E-state index in [1.165, 1.54) is 0 Å². The van der Waals surface area contributed by atoms with E-state index >= 15 is 0 Å². The van der Waals surface area contributed by atoms with Gasteiger partial charge in [-0.15, -0.1) is 0 Å². The van der Waals surface area contributed by atoms with Crippen molar-refractivity contribution in [2.24, 2.45) is 0 Å². The van der Waals surface area contributed by atoms with Crippen molar-refractivity contribution >= 4 is 16.9 Å². The normalized spacial score (nSPS) is 21.2. The van der Waals surface area contributed by atoms with Crippen LogP contribution in [0.2, 0.25) is 0 Å². The summed E-state index contributed by atoms with van der Waals surface area (Å²) in [6, 6.07) is 8.01. The maximum Gasteiger partial charge on any atom is 0.248 e. The molecule has 1 aromatic carbocycles. The van der Waals surface area contributed by atoms with Gasteiger partial charge in [0.15, 0.2) is 0 Å². The molecule has 1 spiro atoms. The predicted molar refractivity (Wildman–Crippen MR) is 95.1 cm³/mol. The molecule has 4 rings (SSSR count). The van der Waals surface area contributed by atoms with Crippen LogP contribution >= 0.6 is 0 Å². The van der Waals surface area contributed by atoms with Crippen molar-refractivity contribution in [1.82, 2.24) is 19.8 Å². The molecule has 2 fully saturated rings. The minimum absolute atomic E-state index is 0.0788. The number of fused-ring (bicyclic) bond motifs is 1. The predicted octanol–water partition coefficient (Wildman–Crippen LogP) is 1.76. The van der Waals surface area contributed by atoms with Crippen molar-refractivity contribution in [3.05, 3.63) is 35.7 Å². The van der Waals surface area contributed by atoms with Crippen LogP contribution in [0.3, 0.4) is 0 Å². The second kappa shape index (κ2) is 6.35. The lowest BCUT2D eigenvalue weighted by Crippen LogP contribution is -2.57. The molecule has 2 aliphatic heterocycles. The molecule has 0 radical (unpaired) electrons. The second-order valence-corrected chi connectivity index (χ2v) is 7.24. The van der Waals surface area contributed by atoms with Crippen molar-refractivity contribution in [2.75, 3.05) is 33.3 Å². The Kier molecular flexibility index (Phi) is 4.17. The number of amides is 1. The first kappa shape index (κ1) is 16.4. The molecule has 1 aromatic heterocycles. The van der Waals surface area contributed by atoms with E-state index < -0.39 is 0 Å². The molecular formula is C19H24N4O2. The Bertz CT molecular complexity index is 799. The van der Waals surface area contributed by atoms with Gasteiger partial charge >= 0.3 is 0 Å². The summed E-state index contributed by atoms with van der Waals surface area (Å²) in [5, 5.41) is 0. The maximum atomic E-state index is 11.6. The SMILES string of the molecule is Cc1nc2ccccc2nc1CN1CCC2(CC1)CN(C)C(=O)CO2. The highest BCUT2D eigenvalue weighted by atomic mass is 16.5. The summed E-state index contributed by atoms with van der Waals surface area (Å²) < 4.78 is 5.92. The first-order valence-corrected chi connectivity index (χ1v) is 8.87. The number of aromatic nitrogens is 2. The molecule has 6 heteroatoms. The highest BCUT2D eigenvalue weighted by molar-refractivity contribution is 5.78. The van der Waals surface area contributed by atoms with Gasteiger partial charge in [-0.3, -0.25) is 9.69 Å². The van der Waals surface area contributed by atoms with E-state index in [1.54, 1.807) is 4.90 Å². The number of benzene rings is 1. The van der Waals surface area contributed by atoms with Crippen LogP contribution < -0.4 is 0 Å². The number of morpholine rings is 1. The summed E-state index contributed by atoms with van der Waals surface area (Å²) in [6.45, 7) is 5.67. The van der Waals surface area contributed by atoms with Crippen molar-refractivity contribution in [2.45, 2.75) is 31.9 Å². The van der Waals surface area contributed by atoms with Crippen LogP contribution in [0.1, 0.15) is 24.2 Å². The Morgan fingerprint density at radius 3 is 2.52 bits per heavy atom. The summed E-state index contributed by atoms with van der Waals surface area (Å²) in [5.74, 6) is 0.0788. The van der Waals surface area contributed by atoms with Crippen LogP contribution in [0.4, 0.5) is 0 Å². The zero-order valence-electron chi connectivity index (χ0n) is 14.9. The Balaban J connectivity index is 1.44. The topological polar surface area (TPSA) is 58.6 Å². The van der Waals surface area contributed by atoms with E-state index in [9.17, 15) is 4.79 Å². The monoisotopic (exact) mass is 340 g/mol. The standard InChI is InChI=1S/C19H24N4O2/c1-14-17(21-16-6-4-3-5-15(16)20-14)11-23-9-7-19(8-10-23)13-22(2)18(24)12-25-19/h3-6H,7-13H2,1-2H3. The van der Waals surface area contributed by atoms with E-state index in [2.05, 4.69) is 9.88 Å². The zero-order chi connectivity index (χ0) is 17.4. The fourth-order valence-corrected chi connectivity index (χ4v) is 3.80. The molecule has 25 heavy (non-hydrogen) atoms. The van der Waals surface area contributed by atoms with Gasteiger partial charge in [-0.25, -0.2) is 9.97 Å². The number of aryl methyl sites for hydroxylation is 1. The third-order valence-electron chi connectivity index (χ3n) is 5.44. The number of ether oxygens (including phenoxy) is 1. The summed E-state index contributed by atoms with van der Waals surface area (Å²) in [4.78, 5) is 25.4. The molecule has 0 bridgehead atoms. The van der Waals surface area contributed by atoms with Crippen molar-refractivity contribution in [1.29, 1.82) is 0 Å². The quantitative estimate of drug-likeness (QED) is 0.834. The number of likely N-dealkylation sites (N-methyl/N-ethyl adjacent to an activating group) is 1. The Labute approximate surface area is 147 Å². The van der Waals surface area contributed by atoms with E-state index in [0.29, 0.717) is 6.54 Å². The molecule has 2 aromatic rings. The van der Waals surface area contributed by atoms with Crippen LogP contribution in [0, 0.1) is 6.92 Å². The number of para-hydroxylation sites is 2. The number of hydrogen-bond acceptors (Lipinski definition) is 5. The third kappa shape index (κ3) is 3.24. The summed E-state index contributed by atoms with van der Waals surface area (Å²) in [6.07, 6.45) is 1.90. The van der Waals surface area contributed by atoms with Crippen LogP contribution in [0.5, 0.6) is 0 Å². The smallest absolute Gasteiger partial charge is 0.248 e. The largest absolute Gasteiger partial charge is 0.363 e. The van der Waals surface area contributed by atoms with E-state index in [-0.39, 0.29) is 18.1 Å². The summed E-state index contributed by atoms with van der Waals surface area (Å²) in [5.41, 5.74) is 3.78. The lowest BCUT2D eigenvalue weighted by atomic mass is 9.89. The molecule has 6 nitrogen and oxygen atoms in total. The summed E-state index contributed by atoms with van der Waals surface area (Å²) >= 11 is 0. The number of carbonyl (C=O) groups excluding carboxylic acids is 1. The van der Waals surface area contributed by atoms with Gasteiger partial charge in [0.05, 0.1) is 28.0 Å². The molecule has 0 aliphatic carbocycles. The number of hydrogen-bond donors (Lipinski definition) is 0. The van der Waals surface area contributed by atoms with Crippen LogP contribution in [-0.4, -0.2) is 64.6 Å². The van der Waals surface area contributed by atoms with Gasteiger partial charge in [0.25, 0.3) is 0 Å². The number of likely N-dealkylation sites (tertiary alicyclic amines) is 1. The van der Waals surface area contributed by atoms with Gasteiger partial charge < -0.3 is 9.64 Å². The minimum Gasteiger partial charge on any atom is -0.363 e. The number of nitrogens with zero attached hydrogens (tertiary/aromatic N) is 4. The summed E-state index contributed by atoms with van der Waals surface area (Å²) in [7, 11) is 1.87. The van der Waals surface area contributed by atoms with E-state index in [4.69, 9.17) is 9.72 Å². The molecule has 0 unspecified atom stereocenters. The molecule has 0 N–H and O–H groups in total. The molecule has 2 saturated heterocycles. The molecular weight excluding hydrogens is 316 g/mol. The fourth-order valence-electron chi connectivity index (χ4n) is 3.80. The van der Waals surface area contributed by atoms with Gasteiger partial charge in [0.1, 0.15) is 6.61 Å². The van der Waals surface area contributed by atoms with E-state index in [0.717, 1.165) is 54.9 Å². The number of carbonyl (C=O) groups is 1. The van der Waals surface area contributed by atoms with Crippen molar-refractivity contribution < 1.29 is 9.53 Å². The minimum atomic E-state index is -0.163. The Hall–Kier alpha value is -2.05. The van der Waals surface area contributed by atoms with E-state index in [1.807, 2.05) is 38.2 Å². The van der Waals surface area contributed by atoms with Gasteiger partial charge in [-0.05, 0) is 31.9 Å². The Morgan fingerprint density at radius 1 is 1.16 bits per heavy atom. The van der Waals surface area contributed by atoms with Crippen LogP contribution in [-0.2, 0) is 16.1 Å². The number of piperidine rings is 1. The zero-order valence-corrected chi connectivity index (χ0v) is 14.9. The second-order valence-electron chi connectivity index (χ2n) is 7.24. The third-order valence-corrected chi connectivity index (χ3v) is 5.44. The molecule has 0 saturated carbocycles.